The highest BCUT2D eigenvalue weighted by Gasteiger charge is 2.33. The van der Waals surface area contributed by atoms with E-state index in [1.54, 1.807) is 14.2 Å². The molecule has 3 nitrogen and oxygen atoms in total. The van der Waals surface area contributed by atoms with Gasteiger partial charge in [0.05, 0.1) is 19.3 Å². The molecular formula is C14H21NO2. The van der Waals surface area contributed by atoms with Crippen molar-refractivity contribution in [2.24, 2.45) is 0 Å². The second kappa shape index (κ2) is 5.52. The Labute approximate surface area is 103 Å². The van der Waals surface area contributed by atoms with Crippen molar-refractivity contribution in [3.8, 4) is 5.75 Å². The van der Waals surface area contributed by atoms with Gasteiger partial charge in [0, 0.05) is 7.11 Å². The van der Waals surface area contributed by atoms with Gasteiger partial charge in [-0.1, -0.05) is 12.1 Å². The molecule has 2 rings (SSSR count). The van der Waals surface area contributed by atoms with Crippen LogP contribution in [0.3, 0.4) is 0 Å². The van der Waals surface area contributed by atoms with Crippen LogP contribution < -0.4 is 10.1 Å². The summed E-state index contributed by atoms with van der Waals surface area (Å²) >= 11 is 0. The SMILES string of the molecule is COCC1(c2cccc(OC)c2)CCCCN1. The Kier molecular flexibility index (Phi) is 4.02. The van der Waals surface area contributed by atoms with E-state index in [1.807, 2.05) is 12.1 Å². The first-order valence-electron chi connectivity index (χ1n) is 6.19. The van der Waals surface area contributed by atoms with Gasteiger partial charge in [0.25, 0.3) is 0 Å². The number of piperidine rings is 1. The Bertz CT molecular complexity index is 353. The maximum absolute atomic E-state index is 5.41. The summed E-state index contributed by atoms with van der Waals surface area (Å²) in [6.45, 7) is 1.76. The van der Waals surface area contributed by atoms with Crippen LogP contribution in [-0.4, -0.2) is 27.4 Å². The highest BCUT2D eigenvalue weighted by molar-refractivity contribution is 5.34. The largest absolute Gasteiger partial charge is 0.497 e. The summed E-state index contributed by atoms with van der Waals surface area (Å²) in [7, 11) is 3.47. The van der Waals surface area contributed by atoms with Crippen molar-refractivity contribution in [2.75, 3.05) is 27.4 Å². The van der Waals surface area contributed by atoms with Crippen LogP contribution in [0.1, 0.15) is 24.8 Å². The number of nitrogens with one attached hydrogen (secondary N) is 1. The van der Waals surface area contributed by atoms with Gasteiger partial charge >= 0.3 is 0 Å². The van der Waals surface area contributed by atoms with E-state index in [1.165, 1.54) is 18.4 Å². The van der Waals surface area contributed by atoms with Gasteiger partial charge in [0.15, 0.2) is 0 Å². The molecule has 0 saturated carbocycles. The van der Waals surface area contributed by atoms with Gasteiger partial charge in [-0.2, -0.15) is 0 Å². The molecule has 1 aliphatic heterocycles. The smallest absolute Gasteiger partial charge is 0.119 e. The van der Waals surface area contributed by atoms with Crippen molar-refractivity contribution in [1.82, 2.24) is 5.32 Å². The standard InChI is InChI=1S/C14H21NO2/c1-16-11-14(8-3-4-9-15-14)12-6-5-7-13(10-12)17-2/h5-7,10,15H,3-4,8-9,11H2,1-2H3. The Morgan fingerprint density at radius 3 is 2.82 bits per heavy atom. The van der Waals surface area contributed by atoms with Gasteiger partial charge in [-0.25, -0.2) is 0 Å². The zero-order chi connectivity index (χ0) is 12.1. The molecule has 94 valence electrons. The van der Waals surface area contributed by atoms with Crippen molar-refractivity contribution in [3.63, 3.8) is 0 Å². The predicted octanol–water partition coefficient (Wildman–Crippen LogP) is 2.31. The molecule has 3 heteroatoms. The lowest BCUT2D eigenvalue weighted by Crippen LogP contribution is -2.49. The normalized spacial score (nSPS) is 24.6. The Balaban J connectivity index is 2.30. The Hall–Kier alpha value is -1.06. The fraction of sp³-hybridized carbons (Fsp3) is 0.571. The average Bonchev–Trinajstić information content (AvgIpc) is 2.40. The first-order chi connectivity index (χ1) is 8.30. The number of ether oxygens (including phenoxy) is 2. The summed E-state index contributed by atoms with van der Waals surface area (Å²) in [4.78, 5) is 0. The number of benzene rings is 1. The van der Waals surface area contributed by atoms with Crippen LogP contribution in [0.5, 0.6) is 5.75 Å². The summed E-state index contributed by atoms with van der Waals surface area (Å²) in [5.74, 6) is 0.908. The molecule has 0 bridgehead atoms. The lowest BCUT2D eigenvalue weighted by molar-refractivity contribution is 0.0882. The lowest BCUT2D eigenvalue weighted by atomic mass is 9.83. The quantitative estimate of drug-likeness (QED) is 0.868. The molecular weight excluding hydrogens is 214 g/mol. The van der Waals surface area contributed by atoms with Crippen LogP contribution in [0.2, 0.25) is 0 Å². The van der Waals surface area contributed by atoms with E-state index in [2.05, 4.69) is 17.4 Å². The molecule has 1 saturated heterocycles. The number of rotatable bonds is 4. The molecule has 1 N–H and O–H groups in total. The molecule has 1 atom stereocenters. The topological polar surface area (TPSA) is 30.5 Å². The van der Waals surface area contributed by atoms with Gasteiger partial charge in [0.1, 0.15) is 5.75 Å². The second-order valence-electron chi connectivity index (χ2n) is 4.63. The summed E-state index contributed by atoms with van der Waals surface area (Å²) in [6.07, 6.45) is 3.61. The first kappa shape index (κ1) is 12.4. The minimum Gasteiger partial charge on any atom is -0.497 e. The molecule has 1 unspecified atom stereocenters. The number of hydrogen-bond acceptors (Lipinski definition) is 3. The predicted molar refractivity (Wildman–Crippen MR) is 68.4 cm³/mol. The van der Waals surface area contributed by atoms with Crippen molar-refractivity contribution < 1.29 is 9.47 Å². The molecule has 0 amide bonds. The summed E-state index contributed by atoms with van der Waals surface area (Å²) in [5.41, 5.74) is 1.22. The second-order valence-corrected chi connectivity index (χ2v) is 4.63. The summed E-state index contributed by atoms with van der Waals surface area (Å²) in [5, 5.41) is 3.62. The molecule has 1 fully saturated rings. The fourth-order valence-corrected chi connectivity index (χ4v) is 2.59. The minimum atomic E-state index is -0.0401. The van der Waals surface area contributed by atoms with Crippen LogP contribution >= 0.6 is 0 Å². The van der Waals surface area contributed by atoms with Gasteiger partial charge in [-0.3, -0.25) is 0 Å². The van der Waals surface area contributed by atoms with Crippen LogP contribution in [0, 0.1) is 0 Å². The van der Waals surface area contributed by atoms with E-state index in [0.29, 0.717) is 6.61 Å². The molecule has 1 aromatic carbocycles. The highest BCUT2D eigenvalue weighted by atomic mass is 16.5. The van der Waals surface area contributed by atoms with Gasteiger partial charge in [0.2, 0.25) is 0 Å². The lowest BCUT2D eigenvalue weighted by Gasteiger charge is -2.38. The van der Waals surface area contributed by atoms with Crippen molar-refractivity contribution in [3.05, 3.63) is 29.8 Å². The molecule has 1 aromatic rings. The monoisotopic (exact) mass is 235 g/mol. The molecule has 1 heterocycles. The third-order valence-electron chi connectivity index (χ3n) is 3.51. The molecule has 1 aliphatic rings. The fourth-order valence-electron chi connectivity index (χ4n) is 2.59. The van der Waals surface area contributed by atoms with E-state index in [9.17, 15) is 0 Å². The van der Waals surface area contributed by atoms with Crippen LogP contribution in [0.25, 0.3) is 0 Å². The zero-order valence-electron chi connectivity index (χ0n) is 10.7. The van der Waals surface area contributed by atoms with Gasteiger partial charge in [-0.05, 0) is 43.5 Å². The number of methoxy groups -OCH3 is 2. The highest BCUT2D eigenvalue weighted by Crippen LogP contribution is 2.32. The maximum Gasteiger partial charge on any atom is 0.119 e. The van der Waals surface area contributed by atoms with Crippen LogP contribution in [0.15, 0.2) is 24.3 Å². The van der Waals surface area contributed by atoms with Crippen LogP contribution in [0.4, 0.5) is 0 Å². The van der Waals surface area contributed by atoms with Gasteiger partial charge in [-0.15, -0.1) is 0 Å². The zero-order valence-corrected chi connectivity index (χ0v) is 10.7. The molecule has 0 aliphatic carbocycles. The van der Waals surface area contributed by atoms with E-state index in [-0.39, 0.29) is 5.54 Å². The molecule has 0 aromatic heterocycles. The molecule has 0 radical (unpaired) electrons. The number of hydrogen-bond donors (Lipinski definition) is 1. The van der Waals surface area contributed by atoms with E-state index in [0.717, 1.165) is 18.7 Å². The van der Waals surface area contributed by atoms with Crippen molar-refractivity contribution in [1.29, 1.82) is 0 Å². The summed E-state index contributed by atoms with van der Waals surface area (Å²) < 4.78 is 10.7. The van der Waals surface area contributed by atoms with E-state index in [4.69, 9.17) is 9.47 Å². The molecule has 0 spiro atoms. The van der Waals surface area contributed by atoms with E-state index < -0.39 is 0 Å². The van der Waals surface area contributed by atoms with Crippen molar-refractivity contribution >= 4 is 0 Å². The third-order valence-corrected chi connectivity index (χ3v) is 3.51. The maximum atomic E-state index is 5.41. The Morgan fingerprint density at radius 2 is 2.18 bits per heavy atom. The van der Waals surface area contributed by atoms with Crippen LogP contribution in [-0.2, 0) is 10.3 Å². The third kappa shape index (κ3) is 2.61. The van der Waals surface area contributed by atoms with Gasteiger partial charge < -0.3 is 14.8 Å². The minimum absolute atomic E-state index is 0.0401. The molecule has 17 heavy (non-hydrogen) atoms. The van der Waals surface area contributed by atoms with E-state index >= 15 is 0 Å². The summed E-state index contributed by atoms with van der Waals surface area (Å²) in [6, 6.07) is 8.28. The Morgan fingerprint density at radius 1 is 1.29 bits per heavy atom. The first-order valence-corrected chi connectivity index (χ1v) is 6.19. The van der Waals surface area contributed by atoms with Crippen molar-refractivity contribution in [2.45, 2.75) is 24.8 Å². The average molecular weight is 235 g/mol.